The molecule has 4 nitrogen and oxygen atoms in total. The molecule has 0 radical (unpaired) electrons. The van der Waals surface area contributed by atoms with Gasteiger partial charge in [-0.1, -0.05) is 24.3 Å². The van der Waals surface area contributed by atoms with Gasteiger partial charge in [0.2, 0.25) is 11.8 Å². The number of alkyl halides is 3. The van der Waals surface area contributed by atoms with Crippen LogP contribution in [0.15, 0.2) is 48.5 Å². The number of carbonyl (C=O) groups excluding carboxylic acids is 2. The molecule has 0 spiro atoms. The molecule has 0 aliphatic rings. The van der Waals surface area contributed by atoms with Gasteiger partial charge in [-0.05, 0) is 24.3 Å². The maximum atomic E-state index is 13.5. The average Bonchev–Trinajstić information content (AvgIpc) is 2.58. The Morgan fingerprint density at radius 2 is 1.77 bits per heavy atom. The van der Waals surface area contributed by atoms with Gasteiger partial charge in [0.05, 0.1) is 5.56 Å². The fourth-order valence-electron chi connectivity index (χ4n) is 2.27. The Morgan fingerprint density at radius 1 is 1.08 bits per heavy atom. The number of benzene rings is 2. The Morgan fingerprint density at radius 3 is 2.38 bits per heavy atom. The summed E-state index contributed by atoms with van der Waals surface area (Å²) in [6.07, 6.45) is -4.56. The molecule has 0 aliphatic heterocycles. The second kappa shape index (κ2) is 7.99. The Labute approximate surface area is 147 Å². The topological polar surface area (TPSA) is 49.4 Å². The van der Waals surface area contributed by atoms with Crippen molar-refractivity contribution in [1.82, 2.24) is 5.32 Å². The molecular weight excluding hydrogens is 352 g/mol. The van der Waals surface area contributed by atoms with E-state index in [9.17, 15) is 27.2 Å². The highest BCUT2D eigenvalue weighted by Gasteiger charge is 2.31. The maximum absolute atomic E-state index is 13.5. The van der Waals surface area contributed by atoms with Crippen LogP contribution in [-0.4, -0.2) is 18.4 Å². The van der Waals surface area contributed by atoms with Crippen LogP contribution in [0.2, 0.25) is 0 Å². The monoisotopic (exact) mass is 368 g/mol. The van der Waals surface area contributed by atoms with E-state index >= 15 is 0 Å². The quantitative estimate of drug-likeness (QED) is 0.821. The molecule has 8 heteroatoms. The first-order chi connectivity index (χ1) is 12.2. The molecule has 0 heterocycles. The van der Waals surface area contributed by atoms with Crippen molar-refractivity contribution < 1.29 is 27.2 Å². The van der Waals surface area contributed by atoms with Crippen LogP contribution in [0.1, 0.15) is 18.1 Å². The molecule has 138 valence electrons. The largest absolute Gasteiger partial charge is 0.416 e. The summed E-state index contributed by atoms with van der Waals surface area (Å²) in [5.41, 5.74) is -0.712. The van der Waals surface area contributed by atoms with Gasteiger partial charge in [0.25, 0.3) is 0 Å². The van der Waals surface area contributed by atoms with Crippen molar-refractivity contribution in [3.05, 3.63) is 65.5 Å². The Bertz CT molecular complexity index is 806. The first kappa shape index (κ1) is 19.4. The number of rotatable bonds is 5. The predicted octanol–water partition coefficient (Wildman–Crippen LogP) is 3.51. The molecule has 0 bridgehead atoms. The average molecular weight is 368 g/mol. The van der Waals surface area contributed by atoms with Crippen molar-refractivity contribution in [1.29, 1.82) is 0 Å². The Hall–Kier alpha value is -2.90. The van der Waals surface area contributed by atoms with Crippen molar-refractivity contribution in [2.75, 3.05) is 11.4 Å². The molecule has 2 aromatic carbocycles. The van der Waals surface area contributed by atoms with Crippen molar-refractivity contribution in [2.45, 2.75) is 19.6 Å². The van der Waals surface area contributed by atoms with E-state index in [0.29, 0.717) is 0 Å². The van der Waals surface area contributed by atoms with E-state index in [1.165, 1.54) is 24.3 Å². The van der Waals surface area contributed by atoms with Gasteiger partial charge in [-0.25, -0.2) is 4.39 Å². The summed E-state index contributed by atoms with van der Waals surface area (Å²) < 4.78 is 52.0. The summed E-state index contributed by atoms with van der Waals surface area (Å²) in [6, 6.07) is 9.98. The lowest BCUT2D eigenvalue weighted by Crippen LogP contribution is -2.39. The molecule has 0 atom stereocenters. The molecule has 2 rings (SSSR count). The summed E-state index contributed by atoms with van der Waals surface area (Å²) in [6.45, 7) is 0.565. The Kier molecular flexibility index (Phi) is 5.97. The summed E-state index contributed by atoms with van der Waals surface area (Å²) >= 11 is 0. The number of carbonyl (C=O) groups is 2. The van der Waals surface area contributed by atoms with Crippen LogP contribution in [0.5, 0.6) is 0 Å². The molecule has 26 heavy (non-hydrogen) atoms. The van der Waals surface area contributed by atoms with Gasteiger partial charge in [-0.2, -0.15) is 13.2 Å². The third kappa shape index (κ3) is 5.05. The van der Waals surface area contributed by atoms with Gasteiger partial charge >= 0.3 is 6.18 Å². The molecule has 0 saturated carbocycles. The molecule has 0 aromatic heterocycles. The van der Waals surface area contributed by atoms with Crippen LogP contribution in [0.25, 0.3) is 0 Å². The Balaban J connectivity index is 2.10. The highest BCUT2D eigenvalue weighted by atomic mass is 19.4. The summed E-state index contributed by atoms with van der Waals surface area (Å²) in [5.74, 6) is -1.71. The van der Waals surface area contributed by atoms with Gasteiger partial charge in [0, 0.05) is 24.7 Å². The zero-order valence-corrected chi connectivity index (χ0v) is 13.8. The van der Waals surface area contributed by atoms with E-state index in [2.05, 4.69) is 5.32 Å². The molecule has 0 saturated heterocycles. The van der Waals surface area contributed by atoms with Crippen molar-refractivity contribution in [3.8, 4) is 0 Å². The standard InChI is InChI=1S/C18H16F4N2O2/c1-12(25)24(15-7-4-6-14(9-15)18(20,21)22)11-17(26)23-10-13-5-2-3-8-16(13)19/h2-9H,10-11H2,1H3,(H,23,26). The van der Waals surface area contributed by atoms with E-state index in [0.717, 1.165) is 30.0 Å². The number of hydrogen-bond donors (Lipinski definition) is 1. The highest BCUT2D eigenvalue weighted by molar-refractivity contribution is 5.97. The fraction of sp³-hybridized carbons (Fsp3) is 0.222. The minimum absolute atomic E-state index is 0.0478. The number of nitrogens with zero attached hydrogens (tertiary/aromatic N) is 1. The van der Waals surface area contributed by atoms with Crippen LogP contribution in [0, 0.1) is 5.82 Å². The summed E-state index contributed by atoms with van der Waals surface area (Å²) in [7, 11) is 0. The van der Waals surface area contributed by atoms with E-state index in [1.54, 1.807) is 6.07 Å². The number of nitrogens with one attached hydrogen (secondary N) is 1. The molecule has 2 aromatic rings. The van der Waals surface area contributed by atoms with Crippen LogP contribution >= 0.6 is 0 Å². The molecule has 0 aliphatic carbocycles. The van der Waals surface area contributed by atoms with E-state index in [-0.39, 0.29) is 17.8 Å². The van der Waals surface area contributed by atoms with Crippen molar-refractivity contribution in [3.63, 3.8) is 0 Å². The molecule has 0 fully saturated rings. The second-order valence-corrected chi connectivity index (χ2v) is 5.52. The maximum Gasteiger partial charge on any atom is 0.416 e. The van der Waals surface area contributed by atoms with Gasteiger partial charge in [0.1, 0.15) is 12.4 Å². The van der Waals surface area contributed by atoms with E-state index in [4.69, 9.17) is 0 Å². The summed E-state index contributed by atoms with van der Waals surface area (Å²) in [4.78, 5) is 24.7. The van der Waals surface area contributed by atoms with Crippen LogP contribution in [0.3, 0.4) is 0 Å². The van der Waals surface area contributed by atoms with Gasteiger partial charge in [-0.15, -0.1) is 0 Å². The number of anilines is 1. The lowest BCUT2D eigenvalue weighted by atomic mass is 10.1. The fourth-order valence-corrected chi connectivity index (χ4v) is 2.27. The predicted molar refractivity (Wildman–Crippen MR) is 87.7 cm³/mol. The number of amides is 2. The normalized spacial score (nSPS) is 11.1. The van der Waals surface area contributed by atoms with Crippen molar-refractivity contribution in [2.24, 2.45) is 0 Å². The third-order valence-electron chi connectivity index (χ3n) is 3.60. The zero-order chi connectivity index (χ0) is 19.3. The summed E-state index contributed by atoms with van der Waals surface area (Å²) in [5, 5.41) is 2.44. The molecule has 0 unspecified atom stereocenters. The highest BCUT2D eigenvalue weighted by Crippen LogP contribution is 2.31. The van der Waals surface area contributed by atoms with E-state index < -0.39 is 35.9 Å². The molecule has 1 N–H and O–H groups in total. The van der Waals surface area contributed by atoms with Gasteiger partial charge in [-0.3, -0.25) is 9.59 Å². The zero-order valence-electron chi connectivity index (χ0n) is 13.8. The smallest absolute Gasteiger partial charge is 0.350 e. The van der Waals surface area contributed by atoms with Crippen LogP contribution in [0.4, 0.5) is 23.2 Å². The van der Waals surface area contributed by atoms with Crippen LogP contribution in [-0.2, 0) is 22.3 Å². The number of hydrogen-bond acceptors (Lipinski definition) is 2. The second-order valence-electron chi connectivity index (χ2n) is 5.52. The van der Waals surface area contributed by atoms with E-state index in [1.807, 2.05) is 0 Å². The number of halogens is 4. The first-order valence-corrected chi connectivity index (χ1v) is 7.64. The SMILES string of the molecule is CC(=O)N(CC(=O)NCc1ccccc1F)c1cccc(C(F)(F)F)c1. The van der Waals surface area contributed by atoms with Gasteiger partial charge in [0.15, 0.2) is 0 Å². The lowest BCUT2D eigenvalue weighted by molar-refractivity contribution is -0.137. The molecular formula is C18H16F4N2O2. The third-order valence-corrected chi connectivity index (χ3v) is 3.60. The minimum atomic E-state index is -4.56. The molecule has 2 amide bonds. The minimum Gasteiger partial charge on any atom is -0.350 e. The van der Waals surface area contributed by atoms with Crippen molar-refractivity contribution >= 4 is 17.5 Å². The lowest BCUT2D eigenvalue weighted by Gasteiger charge is -2.21. The van der Waals surface area contributed by atoms with Crippen LogP contribution < -0.4 is 10.2 Å². The van der Waals surface area contributed by atoms with Gasteiger partial charge < -0.3 is 10.2 Å². The first-order valence-electron chi connectivity index (χ1n) is 7.64.